The van der Waals surface area contributed by atoms with Crippen LogP contribution in [0.25, 0.3) is 0 Å². The van der Waals surface area contributed by atoms with Gasteiger partial charge in [0.2, 0.25) is 0 Å². The summed E-state index contributed by atoms with van der Waals surface area (Å²) in [5.41, 5.74) is 11.1. The van der Waals surface area contributed by atoms with Crippen LogP contribution in [0, 0.1) is 29.1 Å². The molecule has 156 valence electrons. The third kappa shape index (κ3) is 2.73. The van der Waals surface area contributed by atoms with Crippen molar-refractivity contribution in [2.24, 2.45) is 17.3 Å². The molecule has 3 heteroatoms. The predicted molar refractivity (Wildman–Crippen MR) is 120 cm³/mol. The first kappa shape index (κ1) is 19.6. The maximum atomic E-state index is 12.1. The Hall–Kier alpha value is -2.31. The zero-order chi connectivity index (χ0) is 21.1. The molecule has 0 radical (unpaired) electrons. The third-order valence-electron chi connectivity index (χ3n) is 8.56. The van der Waals surface area contributed by atoms with E-state index >= 15 is 0 Å². The highest BCUT2D eigenvalue weighted by atomic mass is 16.3. The number of nitrogen functional groups attached to an aromatic ring is 1. The Morgan fingerprint density at radius 1 is 1.13 bits per heavy atom. The lowest BCUT2D eigenvalue weighted by Gasteiger charge is -2.53. The van der Waals surface area contributed by atoms with Gasteiger partial charge in [0.1, 0.15) is 5.60 Å². The summed E-state index contributed by atoms with van der Waals surface area (Å²) in [4.78, 5) is 12.1. The summed E-state index contributed by atoms with van der Waals surface area (Å²) in [6.07, 6.45) is 8.11. The molecular weight excluding hydrogens is 370 g/mol. The van der Waals surface area contributed by atoms with Gasteiger partial charge in [-0.2, -0.15) is 0 Å². The fraction of sp³-hybridized carbons (Fsp3) is 0.519. The van der Waals surface area contributed by atoms with Crippen LogP contribution in [0.15, 0.2) is 47.1 Å². The van der Waals surface area contributed by atoms with Gasteiger partial charge in [0.05, 0.1) is 0 Å². The molecular formula is C27H31NO2. The molecule has 0 aliphatic heterocycles. The van der Waals surface area contributed by atoms with E-state index in [1.807, 2.05) is 25.1 Å². The lowest BCUT2D eigenvalue weighted by atomic mass is 9.51. The minimum Gasteiger partial charge on any atom is -0.399 e. The Labute approximate surface area is 179 Å². The van der Waals surface area contributed by atoms with Crippen LogP contribution >= 0.6 is 0 Å². The van der Waals surface area contributed by atoms with E-state index in [4.69, 9.17) is 5.73 Å². The molecule has 1 aromatic carbocycles. The molecule has 4 aliphatic rings. The molecule has 4 aliphatic carbocycles. The Bertz CT molecular complexity index is 1020. The topological polar surface area (TPSA) is 63.3 Å². The molecule has 2 saturated carbocycles. The zero-order valence-corrected chi connectivity index (χ0v) is 18.0. The number of ketones is 1. The number of carbonyl (C=O) groups excluding carboxylic acids is 1. The van der Waals surface area contributed by atoms with E-state index < -0.39 is 5.60 Å². The van der Waals surface area contributed by atoms with E-state index in [9.17, 15) is 9.90 Å². The first-order valence-electron chi connectivity index (χ1n) is 11.3. The number of nitrogens with two attached hydrogens (primary N) is 1. The summed E-state index contributed by atoms with van der Waals surface area (Å²) in [6.45, 7) is 4.11. The molecule has 0 unspecified atom stereocenters. The second kappa shape index (κ2) is 6.86. The molecule has 3 N–H and O–H groups in total. The Morgan fingerprint density at radius 2 is 1.90 bits per heavy atom. The Morgan fingerprint density at radius 3 is 2.63 bits per heavy atom. The monoisotopic (exact) mass is 401 g/mol. The van der Waals surface area contributed by atoms with Gasteiger partial charge in [-0.05, 0) is 92.2 Å². The number of aliphatic hydroxyl groups is 1. The Kier molecular flexibility index (Phi) is 4.49. The summed E-state index contributed by atoms with van der Waals surface area (Å²) < 4.78 is 0. The highest BCUT2D eigenvalue weighted by Gasteiger charge is 2.62. The highest BCUT2D eigenvalue weighted by molar-refractivity contribution is 5.93. The maximum Gasteiger partial charge on any atom is 0.156 e. The van der Waals surface area contributed by atoms with E-state index in [1.165, 1.54) is 16.7 Å². The van der Waals surface area contributed by atoms with Crippen LogP contribution in [0.5, 0.6) is 0 Å². The van der Waals surface area contributed by atoms with E-state index in [2.05, 4.69) is 30.9 Å². The second-order valence-corrected chi connectivity index (χ2v) is 9.94. The number of anilines is 1. The van der Waals surface area contributed by atoms with Crippen molar-refractivity contribution in [3.05, 3.63) is 52.6 Å². The SMILES string of the molecule is CC#C[C@]1(O)CC[C@H]2[C@@H]3CCC4=CC(=O)CCC4=C3[C@@H](c3ccc(N)cc3)C[C@@]21C. The summed E-state index contributed by atoms with van der Waals surface area (Å²) in [5, 5.41) is 11.6. The number of benzene rings is 1. The van der Waals surface area contributed by atoms with Gasteiger partial charge in [0.15, 0.2) is 5.78 Å². The highest BCUT2D eigenvalue weighted by Crippen LogP contribution is 2.66. The molecule has 1 aromatic rings. The number of fused-ring (bicyclic) bond motifs is 4. The summed E-state index contributed by atoms with van der Waals surface area (Å²) in [6, 6.07) is 8.28. The van der Waals surface area contributed by atoms with E-state index in [0.717, 1.165) is 44.2 Å². The van der Waals surface area contributed by atoms with Crippen LogP contribution in [-0.4, -0.2) is 16.5 Å². The molecule has 0 amide bonds. The van der Waals surface area contributed by atoms with Crippen LogP contribution in [0.3, 0.4) is 0 Å². The van der Waals surface area contributed by atoms with Gasteiger partial charge in [0, 0.05) is 23.4 Å². The van der Waals surface area contributed by atoms with Crippen molar-refractivity contribution in [1.29, 1.82) is 0 Å². The molecule has 0 saturated heterocycles. The lowest BCUT2D eigenvalue weighted by Crippen LogP contribution is -2.51. The van der Waals surface area contributed by atoms with E-state index in [1.54, 1.807) is 5.57 Å². The average molecular weight is 402 g/mol. The summed E-state index contributed by atoms with van der Waals surface area (Å²) in [5.74, 6) is 7.64. The van der Waals surface area contributed by atoms with Gasteiger partial charge in [-0.1, -0.05) is 30.6 Å². The number of hydrogen-bond acceptors (Lipinski definition) is 3. The molecule has 2 fully saturated rings. The van der Waals surface area contributed by atoms with Gasteiger partial charge in [-0.25, -0.2) is 0 Å². The Balaban J connectivity index is 1.69. The molecule has 5 atom stereocenters. The fourth-order valence-corrected chi connectivity index (χ4v) is 7.10. The number of rotatable bonds is 1. The van der Waals surface area contributed by atoms with Crippen molar-refractivity contribution < 1.29 is 9.90 Å². The molecule has 0 aromatic heterocycles. The third-order valence-corrected chi connectivity index (χ3v) is 8.56. The summed E-state index contributed by atoms with van der Waals surface area (Å²) >= 11 is 0. The van der Waals surface area contributed by atoms with Crippen LogP contribution in [-0.2, 0) is 4.79 Å². The number of hydrogen-bond donors (Lipinski definition) is 2. The van der Waals surface area contributed by atoms with Crippen molar-refractivity contribution in [3.63, 3.8) is 0 Å². The molecule has 0 heterocycles. The molecule has 0 bridgehead atoms. The van der Waals surface area contributed by atoms with Gasteiger partial charge in [0.25, 0.3) is 0 Å². The molecule has 0 spiro atoms. The van der Waals surface area contributed by atoms with E-state index in [-0.39, 0.29) is 17.1 Å². The first-order valence-corrected chi connectivity index (χ1v) is 11.3. The minimum atomic E-state index is -0.923. The van der Waals surface area contributed by atoms with Gasteiger partial charge >= 0.3 is 0 Å². The minimum absolute atomic E-state index is 0.234. The van der Waals surface area contributed by atoms with E-state index in [0.29, 0.717) is 18.3 Å². The average Bonchev–Trinajstić information content (AvgIpc) is 2.98. The second-order valence-electron chi connectivity index (χ2n) is 9.94. The van der Waals surface area contributed by atoms with Crippen LogP contribution < -0.4 is 5.73 Å². The van der Waals surface area contributed by atoms with Gasteiger partial charge in [-0.15, -0.1) is 5.92 Å². The van der Waals surface area contributed by atoms with Crippen molar-refractivity contribution in [1.82, 2.24) is 0 Å². The van der Waals surface area contributed by atoms with Crippen LogP contribution in [0.1, 0.15) is 70.3 Å². The lowest BCUT2D eigenvalue weighted by molar-refractivity contribution is -0.114. The van der Waals surface area contributed by atoms with Crippen LogP contribution in [0.4, 0.5) is 5.69 Å². The molecule has 3 nitrogen and oxygen atoms in total. The molecule has 5 rings (SSSR count). The zero-order valence-electron chi connectivity index (χ0n) is 18.0. The fourth-order valence-electron chi connectivity index (χ4n) is 7.10. The predicted octanol–water partition coefficient (Wildman–Crippen LogP) is 4.92. The number of carbonyl (C=O) groups is 1. The molecule has 30 heavy (non-hydrogen) atoms. The summed E-state index contributed by atoms with van der Waals surface area (Å²) in [7, 11) is 0. The largest absolute Gasteiger partial charge is 0.399 e. The van der Waals surface area contributed by atoms with Crippen molar-refractivity contribution >= 4 is 11.5 Å². The maximum absolute atomic E-state index is 12.1. The van der Waals surface area contributed by atoms with Crippen molar-refractivity contribution in [3.8, 4) is 11.8 Å². The standard InChI is InChI=1S/C27H31NO2/c1-3-13-27(30)14-12-24-22-10-6-18-15-20(29)9-11-21(18)25(22)23(16-26(24,27)2)17-4-7-19(28)8-5-17/h4-5,7-8,15,22-24,30H,6,9-12,14,16,28H2,1-2H3/t22-,23+,24-,26-,27-/m0/s1. The quantitative estimate of drug-likeness (QED) is 0.518. The normalized spacial score (nSPS) is 37.5. The smallest absolute Gasteiger partial charge is 0.156 e. The van der Waals surface area contributed by atoms with Crippen LogP contribution in [0.2, 0.25) is 0 Å². The van der Waals surface area contributed by atoms with Gasteiger partial charge in [-0.3, -0.25) is 4.79 Å². The van der Waals surface area contributed by atoms with Crippen molar-refractivity contribution in [2.75, 3.05) is 5.73 Å². The number of allylic oxidation sites excluding steroid dienone is 4. The van der Waals surface area contributed by atoms with Crippen molar-refractivity contribution in [2.45, 2.75) is 70.3 Å². The van der Waals surface area contributed by atoms with Gasteiger partial charge < -0.3 is 10.8 Å². The first-order chi connectivity index (χ1) is 14.4.